The molecule has 1 heterocycles. The summed E-state index contributed by atoms with van der Waals surface area (Å²) in [5.74, 6) is -0.381. The molecule has 0 bridgehead atoms. The Kier molecular flexibility index (Phi) is 4.04. The molecule has 3 amide bonds. The Balaban J connectivity index is 2.57. The average Bonchev–Trinajstić information content (AvgIpc) is 2.64. The van der Waals surface area contributed by atoms with Gasteiger partial charge in [0.15, 0.2) is 0 Å². The van der Waals surface area contributed by atoms with Gasteiger partial charge in [0.2, 0.25) is 0 Å². The number of amides is 3. The van der Waals surface area contributed by atoms with Crippen LogP contribution in [-0.2, 0) is 4.79 Å². The second-order valence-electron chi connectivity index (χ2n) is 3.46. The van der Waals surface area contributed by atoms with Gasteiger partial charge in [-0.3, -0.25) is 14.8 Å². The lowest BCUT2D eigenvalue weighted by Gasteiger charge is -2.11. The molecule has 0 spiro atoms. The van der Waals surface area contributed by atoms with Crippen molar-refractivity contribution >= 4 is 11.9 Å². The van der Waals surface area contributed by atoms with Gasteiger partial charge in [0.05, 0.1) is 5.69 Å². The molecule has 0 aliphatic carbocycles. The standard InChI is InChI=1S/C10H16N4O2/c1-4-11-10(16)12-9(15)8(3)14-6-5-7(2)13-14/h5-6,8H,4H2,1-3H3,(H2,11,12,15,16). The second kappa shape index (κ2) is 5.29. The summed E-state index contributed by atoms with van der Waals surface area (Å²) < 4.78 is 1.52. The number of nitrogens with one attached hydrogen (secondary N) is 2. The molecule has 0 aliphatic rings. The third-order valence-corrected chi connectivity index (χ3v) is 2.09. The lowest BCUT2D eigenvalue weighted by atomic mass is 10.3. The third kappa shape index (κ3) is 3.08. The Morgan fingerprint density at radius 1 is 1.56 bits per heavy atom. The Labute approximate surface area is 94.0 Å². The van der Waals surface area contributed by atoms with Gasteiger partial charge >= 0.3 is 6.03 Å². The number of rotatable bonds is 3. The number of hydrogen-bond acceptors (Lipinski definition) is 3. The van der Waals surface area contributed by atoms with E-state index in [-0.39, 0.29) is 5.91 Å². The van der Waals surface area contributed by atoms with Gasteiger partial charge in [-0.25, -0.2) is 4.79 Å². The van der Waals surface area contributed by atoms with Crippen molar-refractivity contribution in [2.45, 2.75) is 26.8 Å². The number of hydrogen-bond donors (Lipinski definition) is 2. The molecule has 1 atom stereocenters. The van der Waals surface area contributed by atoms with Crippen LogP contribution in [0.2, 0.25) is 0 Å². The normalized spacial score (nSPS) is 11.9. The summed E-state index contributed by atoms with van der Waals surface area (Å²) in [5.41, 5.74) is 0.831. The Morgan fingerprint density at radius 2 is 2.25 bits per heavy atom. The van der Waals surface area contributed by atoms with Crippen molar-refractivity contribution in [2.24, 2.45) is 0 Å². The molecule has 1 aromatic rings. The van der Waals surface area contributed by atoms with Crippen LogP contribution < -0.4 is 10.6 Å². The Morgan fingerprint density at radius 3 is 2.75 bits per heavy atom. The van der Waals surface area contributed by atoms with Crippen molar-refractivity contribution in [1.29, 1.82) is 0 Å². The first-order valence-electron chi connectivity index (χ1n) is 5.15. The van der Waals surface area contributed by atoms with E-state index in [0.29, 0.717) is 6.54 Å². The monoisotopic (exact) mass is 224 g/mol. The summed E-state index contributed by atoms with van der Waals surface area (Å²) >= 11 is 0. The first-order chi connectivity index (χ1) is 7.54. The highest BCUT2D eigenvalue weighted by Gasteiger charge is 2.17. The molecule has 6 heteroatoms. The number of urea groups is 1. The molecule has 0 radical (unpaired) electrons. The van der Waals surface area contributed by atoms with E-state index in [0.717, 1.165) is 5.69 Å². The van der Waals surface area contributed by atoms with Crippen LogP contribution in [-0.4, -0.2) is 28.3 Å². The lowest BCUT2D eigenvalue weighted by Crippen LogP contribution is -2.42. The fourth-order valence-corrected chi connectivity index (χ4v) is 1.19. The first kappa shape index (κ1) is 12.2. The molecule has 0 aliphatic heterocycles. The quantitative estimate of drug-likeness (QED) is 0.789. The third-order valence-electron chi connectivity index (χ3n) is 2.09. The molecule has 0 fully saturated rings. The predicted molar refractivity (Wildman–Crippen MR) is 58.9 cm³/mol. The summed E-state index contributed by atoms with van der Waals surface area (Å²) in [6.45, 7) is 5.78. The lowest BCUT2D eigenvalue weighted by molar-refractivity contribution is -0.123. The molecule has 88 valence electrons. The van der Waals surface area contributed by atoms with Crippen molar-refractivity contribution < 1.29 is 9.59 Å². The van der Waals surface area contributed by atoms with E-state index < -0.39 is 12.1 Å². The van der Waals surface area contributed by atoms with Gasteiger partial charge in [-0.15, -0.1) is 0 Å². The molecule has 1 unspecified atom stereocenters. The summed E-state index contributed by atoms with van der Waals surface area (Å²) in [4.78, 5) is 22.7. The highest BCUT2D eigenvalue weighted by molar-refractivity contribution is 5.95. The number of carbonyl (C=O) groups is 2. The van der Waals surface area contributed by atoms with Gasteiger partial charge in [-0.1, -0.05) is 0 Å². The predicted octanol–water partition coefficient (Wildman–Crippen LogP) is 0.598. The van der Waals surface area contributed by atoms with Crippen LogP contribution >= 0.6 is 0 Å². The molecular formula is C10H16N4O2. The molecule has 1 aromatic heterocycles. The van der Waals surface area contributed by atoms with Crippen LogP contribution in [0.15, 0.2) is 12.3 Å². The minimum atomic E-state index is -0.503. The summed E-state index contributed by atoms with van der Waals surface area (Å²) in [6, 6.07) is 0.815. The highest BCUT2D eigenvalue weighted by Crippen LogP contribution is 2.04. The van der Waals surface area contributed by atoms with E-state index in [4.69, 9.17) is 0 Å². The van der Waals surface area contributed by atoms with Crippen molar-refractivity contribution in [2.75, 3.05) is 6.54 Å². The molecule has 0 saturated carbocycles. The Hall–Kier alpha value is -1.85. The van der Waals surface area contributed by atoms with Crippen molar-refractivity contribution in [3.05, 3.63) is 18.0 Å². The summed E-state index contributed by atoms with van der Waals surface area (Å²) in [6.07, 6.45) is 1.71. The number of carbonyl (C=O) groups excluding carboxylic acids is 2. The number of nitrogens with zero attached hydrogens (tertiary/aromatic N) is 2. The van der Waals surface area contributed by atoms with Gasteiger partial charge in [-0.2, -0.15) is 5.10 Å². The van der Waals surface area contributed by atoms with Gasteiger partial charge < -0.3 is 5.32 Å². The molecular weight excluding hydrogens is 208 g/mol. The Bertz CT molecular complexity index is 386. The summed E-state index contributed by atoms with van der Waals surface area (Å²) in [5, 5.41) is 8.84. The molecule has 16 heavy (non-hydrogen) atoms. The van der Waals surface area contributed by atoms with Crippen molar-refractivity contribution in [3.63, 3.8) is 0 Å². The van der Waals surface area contributed by atoms with Crippen LogP contribution in [0.1, 0.15) is 25.6 Å². The molecule has 2 N–H and O–H groups in total. The number of aromatic nitrogens is 2. The number of aryl methyl sites for hydroxylation is 1. The first-order valence-corrected chi connectivity index (χ1v) is 5.15. The maximum atomic E-state index is 11.6. The zero-order chi connectivity index (χ0) is 12.1. The average molecular weight is 224 g/mol. The van der Waals surface area contributed by atoms with Crippen LogP contribution in [0.5, 0.6) is 0 Å². The maximum absolute atomic E-state index is 11.6. The fourth-order valence-electron chi connectivity index (χ4n) is 1.19. The molecule has 6 nitrogen and oxygen atoms in total. The van der Waals surface area contributed by atoms with Crippen LogP contribution in [0.3, 0.4) is 0 Å². The molecule has 1 rings (SSSR count). The maximum Gasteiger partial charge on any atom is 0.321 e. The van der Waals surface area contributed by atoms with Gasteiger partial charge in [0, 0.05) is 12.7 Å². The topological polar surface area (TPSA) is 76.0 Å². The second-order valence-corrected chi connectivity index (χ2v) is 3.46. The fraction of sp³-hybridized carbons (Fsp3) is 0.500. The number of imide groups is 1. The smallest absolute Gasteiger partial charge is 0.321 e. The SMILES string of the molecule is CCNC(=O)NC(=O)C(C)n1ccc(C)n1. The van der Waals surface area contributed by atoms with Crippen molar-refractivity contribution in [3.8, 4) is 0 Å². The van der Waals surface area contributed by atoms with Gasteiger partial charge in [0.25, 0.3) is 5.91 Å². The molecule has 0 saturated heterocycles. The van der Waals surface area contributed by atoms with E-state index in [1.165, 1.54) is 4.68 Å². The van der Waals surface area contributed by atoms with E-state index in [9.17, 15) is 9.59 Å². The zero-order valence-electron chi connectivity index (χ0n) is 9.65. The largest absolute Gasteiger partial charge is 0.338 e. The minimum absolute atomic E-state index is 0.381. The minimum Gasteiger partial charge on any atom is -0.338 e. The van der Waals surface area contributed by atoms with Crippen LogP contribution in [0.4, 0.5) is 4.79 Å². The van der Waals surface area contributed by atoms with Gasteiger partial charge in [0.1, 0.15) is 6.04 Å². The zero-order valence-corrected chi connectivity index (χ0v) is 9.65. The summed E-state index contributed by atoms with van der Waals surface area (Å²) in [7, 11) is 0. The van der Waals surface area contributed by atoms with Crippen molar-refractivity contribution in [1.82, 2.24) is 20.4 Å². The van der Waals surface area contributed by atoms with E-state index in [1.54, 1.807) is 26.1 Å². The van der Waals surface area contributed by atoms with E-state index in [1.807, 2.05) is 6.92 Å². The van der Waals surface area contributed by atoms with Gasteiger partial charge in [-0.05, 0) is 26.8 Å². The van der Waals surface area contributed by atoms with Crippen LogP contribution in [0, 0.1) is 6.92 Å². The highest BCUT2D eigenvalue weighted by atomic mass is 16.2. The van der Waals surface area contributed by atoms with E-state index in [2.05, 4.69) is 15.7 Å². The molecule has 0 aromatic carbocycles. The van der Waals surface area contributed by atoms with E-state index >= 15 is 0 Å². The van der Waals surface area contributed by atoms with Crippen LogP contribution in [0.25, 0.3) is 0 Å².